The maximum absolute atomic E-state index is 12.6. The summed E-state index contributed by atoms with van der Waals surface area (Å²) >= 11 is 0. The average molecular weight is 360 g/mol. The predicted molar refractivity (Wildman–Crippen MR) is 96.6 cm³/mol. The molecular weight excluding hydrogens is 332 g/mol. The van der Waals surface area contributed by atoms with Crippen LogP contribution >= 0.6 is 0 Å². The number of rotatable bonds is 6. The summed E-state index contributed by atoms with van der Waals surface area (Å²) in [6.45, 7) is 11.9. The van der Waals surface area contributed by atoms with Gasteiger partial charge in [-0.1, -0.05) is 12.1 Å². The number of hydrogen-bond donors (Lipinski definition) is 0. The van der Waals surface area contributed by atoms with Gasteiger partial charge >= 0.3 is 0 Å². The van der Waals surface area contributed by atoms with Gasteiger partial charge in [0.15, 0.2) is 5.82 Å². The summed E-state index contributed by atoms with van der Waals surface area (Å²) in [5, 5.41) is 8.49. The fourth-order valence-corrected chi connectivity index (χ4v) is 3.41. The second kappa shape index (κ2) is 7.99. The van der Waals surface area contributed by atoms with Gasteiger partial charge in [-0.15, -0.1) is 0 Å². The summed E-state index contributed by atoms with van der Waals surface area (Å²) < 4.78 is 7.10. The molecule has 142 valence electrons. The zero-order valence-corrected chi connectivity index (χ0v) is 16.1. The summed E-state index contributed by atoms with van der Waals surface area (Å²) in [6, 6.07) is 2.11. The van der Waals surface area contributed by atoms with Crippen LogP contribution in [0.3, 0.4) is 0 Å². The van der Waals surface area contributed by atoms with Gasteiger partial charge in [-0.05, 0) is 26.8 Å². The van der Waals surface area contributed by atoms with Gasteiger partial charge in [0.1, 0.15) is 0 Å². The molecule has 26 heavy (non-hydrogen) atoms. The lowest BCUT2D eigenvalue weighted by Crippen LogP contribution is -2.48. The lowest BCUT2D eigenvalue weighted by molar-refractivity contribution is -0.133. The van der Waals surface area contributed by atoms with E-state index in [0.717, 1.165) is 49.8 Å². The van der Waals surface area contributed by atoms with E-state index in [4.69, 9.17) is 4.52 Å². The molecule has 0 saturated carbocycles. The maximum Gasteiger partial charge on any atom is 0.226 e. The molecule has 8 heteroatoms. The Morgan fingerprint density at radius 3 is 2.58 bits per heavy atom. The van der Waals surface area contributed by atoms with E-state index in [1.807, 2.05) is 36.4 Å². The first-order valence-corrected chi connectivity index (χ1v) is 9.30. The monoisotopic (exact) mass is 360 g/mol. The van der Waals surface area contributed by atoms with E-state index < -0.39 is 0 Å². The van der Waals surface area contributed by atoms with E-state index in [1.54, 1.807) is 0 Å². The predicted octanol–water partition coefficient (Wildman–Crippen LogP) is 1.74. The van der Waals surface area contributed by atoms with Crippen molar-refractivity contribution in [1.82, 2.24) is 29.7 Å². The van der Waals surface area contributed by atoms with Gasteiger partial charge in [-0.25, -0.2) is 0 Å². The fourth-order valence-electron chi connectivity index (χ4n) is 3.41. The first-order chi connectivity index (χ1) is 12.5. The Hall–Kier alpha value is -2.22. The molecule has 0 radical (unpaired) electrons. The van der Waals surface area contributed by atoms with E-state index >= 15 is 0 Å². The molecule has 1 unspecified atom stereocenters. The van der Waals surface area contributed by atoms with Gasteiger partial charge in [0, 0.05) is 44.7 Å². The van der Waals surface area contributed by atoms with Crippen LogP contribution < -0.4 is 0 Å². The third-order valence-corrected chi connectivity index (χ3v) is 4.83. The maximum atomic E-state index is 12.6. The van der Waals surface area contributed by atoms with Crippen molar-refractivity contribution in [2.24, 2.45) is 0 Å². The molecule has 2 aromatic heterocycles. The van der Waals surface area contributed by atoms with Gasteiger partial charge in [-0.3, -0.25) is 14.4 Å². The van der Waals surface area contributed by atoms with E-state index in [9.17, 15) is 4.79 Å². The zero-order valence-electron chi connectivity index (χ0n) is 16.1. The van der Waals surface area contributed by atoms with Crippen LogP contribution in [0.25, 0.3) is 0 Å². The normalized spacial score (nSPS) is 16.8. The van der Waals surface area contributed by atoms with E-state index in [0.29, 0.717) is 18.9 Å². The minimum absolute atomic E-state index is 0.0704. The van der Waals surface area contributed by atoms with Crippen molar-refractivity contribution in [3.63, 3.8) is 0 Å². The molecule has 0 bridgehead atoms. The molecule has 3 rings (SSSR count). The third kappa shape index (κ3) is 4.30. The van der Waals surface area contributed by atoms with Crippen molar-refractivity contribution in [2.75, 3.05) is 26.2 Å². The number of carbonyl (C=O) groups is 1. The number of nitrogens with zero attached hydrogens (tertiary/aromatic N) is 6. The minimum Gasteiger partial charge on any atom is -0.340 e. The topological polar surface area (TPSA) is 80.3 Å². The highest BCUT2D eigenvalue weighted by Crippen LogP contribution is 2.17. The molecule has 1 aliphatic rings. The molecule has 1 amide bonds. The van der Waals surface area contributed by atoms with Crippen molar-refractivity contribution >= 4 is 5.91 Å². The van der Waals surface area contributed by atoms with Crippen LogP contribution in [0.5, 0.6) is 0 Å². The molecule has 0 N–H and O–H groups in total. The highest BCUT2D eigenvalue weighted by Gasteiger charge is 2.24. The number of amides is 1. The van der Waals surface area contributed by atoms with Crippen molar-refractivity contribution in [3.8, 4) is 0 Å². The lowest BCUT2D eigenvalue weighted by atomic mass is 10.2. The minimum atomic E-state index is 0.0704. The number of carbonyl (C=O) groups excluding carboxylic acids is 1. The molecule has 0 spiro atoms. The molecule has 0 aliphatic carbocycles. The Morgan fingerprint density at radius 1 is 1.27 bits per heavy atom. The van der Waals surface area contributed by atoms with Crippen LogP contribution in [-0.4, -0.2) is 61.8 Å². The molecule has 1 aliphatic heterocycles. The van der Waals surface area contributed by atoms with Crippen molar-refractivity contribution < 1.29 is 9.32 Å². The molecule has 1 saturated heterocycles. The lowest BCUT2D eigenvalue weighted by Gasteiger charge is -2.34. The Kier molecular flexibility index (Phi) is 5.70. The third-order valence-electron chi connectivity index (χ3n) is 4.83. The van der Waals surface area contributed by atoms with Crippen LogP contribution in [-0.2, 0) is 17.8 Å². The van der Waals surface area contributed by atoms with Crippen LogP contribution in [0, 0.1) is 13.8 Å². The van der Waals surface area contributed by atoms with Crippen molar-refractivity contribution in [3.05, 3.63) is 29.2 Å². The fraction of sp³-hybridized carbons (Fsp3) is 0.667. The molecule has 1 fully saturated rings. The van der Waals surface area contributed by atoms with Crippen LogP contribution in [0.1, 0.15) is 49.4 Å². The zero-order chi connectivity index (χ0) is 18.7. The SMILES string of the molecule is CCc1nc(CN2CCN(C(=O)CC(C)n3nc(C)cc3C)CC2)no1. The van der Waals surface area contributed by atoms with Crippen molar-refractivity contribution in [1.29, 1.82) is 0 Å². The summed E-state index contributed by atoms with van der Waals surface area (Å²) in [4.78, 5) is 21.2. The first kappa shape index (κ1) is 18.6. The second-order valence-corrected chi connectivity index (χ2v) is 7.04. The molecule has 2 aromatic rings. The van der Waals surface area contributed by atoms with Gasteiger partial charge in [0.2, 0.25) is 11.8 Å². The molecule has 8 nitrogen and oxygen atoms in total. The quantitative estimate of drug-likeness (QED) is 0.781. The summed E-state index contributed by atoms with van der Waals surface area (Å²) in [7, 11) is 0. The van der Waals surface area contributed by atoms with E-state index in [2.05, 4.69) is 27.1 Å². The number of hydrogen-bond acceptors (Lipinski definition) is 6. The summed E-state index contributed by atoms with van der Waals surface area (Å²) in [5.41, 5.74) is 2.09. The number of aromatic nitrogens is 4. The Labute approximate surface area is 154 Å². The summed E-state index contributed by atoms with van der Waals surface area (Å²) in [5.74, 6) is 1.59. The van der Waals surface area contributed by atoms with Gasteiger partial charge in [0.05, 0.1) is 18.3 Å². The number of aryl methyl sites for hydroxylation is 3. The van der Waals surface area contributed by atoms with Crippen LogP contribution in [0.2, 0.25) is 0 Å². The van der Waals surface area contributed by atoms with Crippen LogP contribution in [0.4, 0.5) is 0 Å². The summed E-state index contributed by atoms with van der Waals surface area (Å²) in [6.07, 6.45) is 1.23. The highest BCUT2D eigenvalue weighted by molar-refractivity contribution is 5.76. The smallest absolute Gasteiger partial charge is 0.226 e. The highest BCUT2D eigenvalue weighted by atomic mass is 16.5. The first-order valence-electron chi connectivity index (χ1n) is 9.30. The molecule has 1 atom stereocenters. The molecule has 3 heterocycles. The van der Waals surface area contributed by atoms with E-state index in [1.165, 1.54) is 0 Å². The largest absolute Gasteiger partial charge is 0.340 e. The molecule has 0 aromatic carbocycles. The standard InChI is InChI=1S/C18H28N6O2/c1-5-17-19-16(21-26-17)12-22-6-8-23(9-7-22)18(25)11-15(4)24-14(3)10-13(2)20-24/h10,15H,5-9,11-12H2,1-4H3. The molecular formula is C18H28N6O2. The average Bonchev–Trinajstić information content (AvgIpc) is 3.21. The number of piperazine rings is 1. The van der Waals surface area contributed by atoms with Gasteiger partial charge < -0.3 is 9.42 Å². The second-order valence-electron chi connectivity index (χ2n) is 7.04. The van der Waals surface area contributed by atoms with E-state index in [-0.39, 0.29) is 11.9 Å². The van der Waals surface area contributed by atoms with Crippen molar-refractivity contribution in [2.45, 2.75) is 53.1 Å². The van der Waals surface area contributed by atoms with Gasteiger partial charge in [0.25, 0.3) is 0 Å². The van der Waals surface area contributed by atoms with Crippen LogP contribution in [0.15, 0.2) is 10.6 Å². The Morgan fingerprint density at radius 2 is 2.00 bits per heavy atom. The Balaban J connectivity index is 1.48. The Bertz CT molecular complexity index is 745. The van der Waals surface area contributed by atoms with Gasteiger partial charge in [-0.2, -0.15) is 10.1 Å².